The number of para-hydroxylation sites is 2. The van der Waals surface area contributed by atoms with Crippen LogP contribution < -0.4 is 15.6 Å². The Hall–Kier alpha value is -3.30. The third kappa shape index (κ3) is 4.28. The second kappa shape index (κ2) is 8.83. The minimum atomic E-state index is -0.345. The number of hydrogen-bond donors (Lipinski definition) is 1. The Kier molecular flexibility index (Phi) is 5.97. The third-order valence-corrected chi connectivity index (χ3v) is 5.77. The van der Waals surface area contributed by atoms with Crippen LogP contribution in [0.15, 0.2) is 64.8 Å². The van der Waals surface area contributed by atoms with E-state index in [9.17, 15) is 9.59 Å². The summed E-state index contributed by atoms with van der Waals surface area (Å²) in [6, 6.07) is 12.6. The number of hydrogen-bond acceptors (Lipinski definition) is 6. The molecule has 1 N–H and O–H groups in total. The number of carbonyl (C=O) groups is 1. The van der Waals surface area contributed by atoms with Crippen LogP contribution in [0, 0.1) is 6.92 Å². The Morgan fingerprint density at radius 2 is 2.00 bits per heavy atom. The number of carbonyl (C=O) groups excluding carboxylic acids is 1. The zero-order valence-electron chi connectivity index (χ0n) is 16.7. The van der Waals surface area contributed by atoms with Gasteiger partial charge in [-0.2, -0.15) is 0 Å². The number of halogens is 1. The highest BCUT2D eigenvalue weighted by molar-refractivity contribution is 7.99. The highest BCUT2D eigenvalue weighted by Gasteiger charge is 2.15. The van der Waals surface area contributed by atoms with Crippen molar-refractivity contribution in [2.45, 2.75) is 12.1 Å². The molecule has 2 aromatic heterocycles. The average molecular weight is 456 g/mol. The molecular weight excluding hydrogens is 438 g/mol. The van der Waals surface area contributed by atoms with Crippen molar-refractivity contribution < 1.29 is 9.53 Å². The van der Waals surface area contributed by atoms with Gasteiger partial charge < -0.3 is 10.1 Å². The lowest BCUT2D eigenvalue weighted by molar-refractivity contribution is -0.113. The summed E-state index contributed by atoms with van der Waals surface area (Å²) in [5.41, 5.74) is 1.96. The summed E-state index contributed by atoms with van der Waals surface area (Å²) in [7, 11) is 1.54. The lowest BCUT2D eigenvalue weighted by Gasteiger charge is -2.10. The van der Waals surface area contributed by atoms with E-state index >= 15 is 0 Å². The number of methoxy groups -OCH3 is 1. The minimum absolute atomic E-state index is 0.0839. The molecule has 0 atom stereocenters. The first-order valence-electron chi connectivity index (χ1n) is 9.26. The first-order valence-corrected chi connectivity index (χ1v) is 10.6. The highest BCUT2D eigenvalue weighted by Crippen LogP contribution is 2.24. The largest absolute Gasteiger partial charge is 0.495 e. The maximum absolute atomic E-state index is 12.9. The number of aryl methyl sites for hydroxylation is 1. The summed E-state index contributed by atoms with van der Waals surface area (Å²) in [5, 5.41) is 11.8. The van der Waals surface area contributed by atoms with Gasteiger partial charge in [-0.05, 0) is 36.8 Å². The Balaban J connectivity index is 1.54. The summed E-state index contributed by atoms with van der Waals surface area (Å²) < 4.78 is 8.35. The minimum Gasteiger partial charge on any atom is -0.495 e. The topological polar surface area (TPSA) is 90.5 Å². The van der Waals surface area contributed by atoms with Gasteiger partial charge in [-0.1, -0.05) is 41.6 Å². The molecule has 0 fully saturated rings. The van der Waals surface area contributed by atoms with E-state index in [2.05, 4.69) is 15.5 Å². The molecule has 0 unspecified atom stereocenters. The van der Waals surface area contributed by atoms with Gasteiger partial charge in [0.15, 0.2) is 5.16 Å². The Labute approximate surface area is 186 Å². The van der Waals surface area contributed by atoms with E-state index in [0.29, 0.717) is 27.3 Å². The van der Waals surface area contributed by atoms with Gasteiger partial charge in [0.25, 0.3) is 0 Å². The van der Waals surface area contributed by atoms with E-state index < -0.39 is 0 Å². The molecule has 0 aliphatic carbocycles. The summed E-state index contributed by atoms with van der Waals surface area (Å²) >= 11 is 7.33. The van der Waals surface area contributed by atoms with Gasteiger partial charge in [0.05, 0.1) is 29.3 Å². The number of nitrogens with one attached hydrogen (secondary N) is 1. The zero-order valence-corrected chi connectivity index (χ0v) is 18.3. The van der Waals surface area contributed by atoms with Crippen LogP contribution in [0.1, 0.15) is 5.56 Å². The van der Waals surface area contributed by atoms with E-state index in [0.717, 1.165) is 5.56 Å². The standard InChI is InChI=1S/C21H18ClN5O3S/c1-13-7-8-15(14(22)11-13)23-18(28)12-31-21-25-24-19-20(29)26(9-10-27(19)21)16-5-3-4-6-17(16)30-2/h3-11H,12H2,1-2H3,(H,23,28). The van der Waals surface area contributed by atoms with E-state index in [1.165, 1.54) is 16.3 Å². The van der Waals surface area contributed by atoms with Gasteiger partial charge in [-0.25, -0.2) is 0 Å². The summed E-state index contributed by atoms with van der Waals surface area (Å²) in [4.78, 5) is 25.3. The van der Waals surface area contributed by atoms with Gasteiger partial charge in [-0.15, -0.1) is 10.2 Å². The fourth-order valence-electron chi connectivity index (χ4n) is 3.02. The molecule has 4 aromatic rings. The van der Waals surface area contributed by atoms with E-state index in [4.69, 9.17) is 16.3 Å². The fourth-order valence-corrected chi connectivity index (χ4v) is 4.02. The number of rotatable bonds is 6. The SMILES string of the molecule is COc1ccccc1-n1ccn2c(SCC(=O)Nc3ccc(C)cc3Cl)nnc2c1=O. The number of ether oxygens (including phenoxy) is 1. The van der Waals surface area contributed by atoms with E-state index in [1.807, 2.05) is 25.1 Å². The van der Waals surface area contributed by atoms with Crippen molar-refractivity contribution in [1.82, 2.24) is 19.2 Å². The molecule has 2 aromatic carbocycles. The summed E-state index contributed by atoms with van der Waals surface area (Å²) in [6.45, 7) is 1.92. The molecule has 2 heterocycles. The number of amides is 1. The number of anilines is 1. The number of benzene rings is 2. The van der Waals surface area contributed by atoms with Crippen LogP contribution in [0.3, 0.4) is 0 Å². The first kappa shape index (κ1) is 21.0. The van der Waals surface area contributed by atoms with Crippen LogP contribution in [0.5, 0.6) is 5.75 Å². The molecule has 158 valence electrons. The van der Waals surface area contributed by atoms with Crippen molar-refractivity contribution in [3.63, 3.8) is 0 Å². The monoisotopic (exact) mass is 455 g/mol. The van der Waals surface area contributed by atoms with Crippen molar-refractivity contribution in [3.8, 4) is 11.4 Å². The van der Waals surface area contributed by atoms with Crippen LogP contribution in [0.2, 0.25) is 5.02 Å². The number of fused-ring (bicyclic) bond motifs is 1. The second-order valence-corrected chi connectivity index (χ2v) is 7.99. The zero-order chi connectivity index (χ0) is 22.0. The molecule has 31 heavy (non-hydrogen) atoms. The van der Waals surface area contributed by atoms with Crippen molar-refractivity contribution >= 4 is 40.6 Å². The maximum Gasteiger partial charge on any atom is 0.300 e. The maximum atomic E-state index is 12.9. The second-order valence-electron chi connectivity index (χ2n) is 6.64. The van der Waals surface area contributed by atoms with Gasteiger partial charge in [0.2, 0.25) is 11.6 Å². The highest BCUT2D eigenvalue weighted by atomic mass is 35.5. The molecular formula is C21H18ClN5O3S. The van der Waals surface area contributed by atoms with Crippen LogP contribution >= 0.6 is 23.4 Å². The van der Waals surface area contributed by atoms with E-state index in [1.54, 1.807) is 48.2 Å². The molecule has 0 aliphatic heterocycles. The molecule has 0 aliphatic rings. The Bertz CT molecular complexity index is 1330. The fraction of sp³-hybridized carbons (Fsp3) is 0.143. The predicted octanol–water partition coefficient (Wildman–Crippen LogP) is 3.58. The molecule has 8 nitrogen and oxygen atoms in total. The normalized spacial score (nSPS) is 10.9. The van der Waals surface area contributed by atoms with Crippen molar-refractivity contribution in [3.05, 3.63) is 75.8 Å². The van der Waals surface area contributed by atoms with Crippen LogP contribution in [0.4, 0.5) is 5.69 Å². The molecule has 0 bridgehead atoms. The molecule has 4 rings (SSSR count). The van der Waals surface area contributed by atoms with Gasteiger partial charge in [-0.3, -0.25) is 18.6 Å². The smallest absolute Gasteiger partial charge is 0.300 e. The number of nitrogens with zero attached hydrogens (tertiary/aromatic N) is 4. The van der Waals surface area contributed by atoms with Gasteiger partial charge in [0, 0.05) is 12.4 Å². The van der Waals surface area contributed by atoms with Crippen LogP contribution in [0.25, 0.3) is 11.3 Å². The number of aromatic nitrogens is 4. The third-order valence-electron chi connectivity index (χ3n) is 4.52. The molecule has 0 saturated carbocycles. The van der Waals surface area contributed by atoms with Crippen molar-refractivity contribution in [2.75, 3.05) is 18.2 Å². The Morgan fingerprint density at radius 1 is 1.19 bits per heavy atom. The van der Waals surface area contributed by atoms with Gasteiger partial charge in [0.1, 0.15) is 5.75 Å². The lowest BCUT2D eigenvalue weighted by atomic mass is 10.2. The predicted molar refractivity (Wildman–Crippen MR) is 121 cm³/mol. The number of thioether (sulfide) groups is 1. The average Bonchev–Trinajstić information content (AvgIpc) is 3.18. The van der Waals surface area contributed by atoms with Crippen LogP contribution in [-0.2, 0) is 4.79 Å². The summed E-state index contributed by atoms with van der Waals surface area (Å²) in [5.74, 6) is 0.407. The lowest BCUT2D eigenvalue weighted by Crippen LogP contribution is -2.20. The quantitative estimate of drug-likeness (QED) is 0.447. The molecule has 10 heteroatoms. The van der Waals surface area contributed by atoms with Crippen LogP contribution in [-0.4, -0.2) is 37.9 Å². The molecule has 0 radical (unpaired) electrons. The molecule has 0 spiro atoms. The molecule has 0 saturated heterocycles. The Morgan fingerprint density at radius 3 is 2.77 bits per heavy atom. The van der Waals surface area contributed by atoms with Gasteiger partial charge >= 0.3 is 5.56 Å². The van der Waals surface area contributed by atoms with Crippen molar-refractivity contribution in [2.24, 2.45) is 0 Å². The van der Waals surface area contributed by atoms with E-state index in [-0.39, 0.29) is 22.9 Å². The van der Waals surface area contributed by atoms with Crippen molar-refractivity contribution in [1.29, 1.82) is 0 Å². The summed E-state index contributed by atoms with van der Waals surface area (Å²) in [6.07, 6.45) is 3.30. The molecule has 1 amide bonds. The first-order chi connectivity index (χ1) is 15.0.